The summed E-state index contributed by atoms with van der Waals surface area (Å²) in [5, 5.41) is 12.0. The van der Waals surface area contributed by atoms with Crippen LogP contribution in [-0.4, -0.2) is 48.7 Å². The molecule has 0 unspecified atom stereocenters. The van der Waals surface area contributed by atoms with Crippen LogP contribution in [0, 0.1) is 0 Å². The third-order valence-corrected chi connectivity index (χ3v) is 2.86. The van der Waals surface area contributed by atoms with E-state index in [2.05, 4.69) is 19.2 Å². The number of rotatable bonds is 9. The molecule has 0 aliphatic heterocycles. The molecule has 0 aromatic rings. The molecule has 1 amide bonds. The largest absolute Gasteiger partial charge is 0.395 e. The van der Waals surface area contributed by atoms with Crippen LogP contribution in [-0.2, 0) is 4.79 Å². The van der Waals surface area contributed by atoms with Gasteiger partial charge in [-0.3, -0.25) is 4.79 Å². The van der Waals surface area contributed by atoms with E-state index in [1.165, 1.54) is 0 Å². The summed E-state index contributed by atoms with van der Waals surface area (Å²) < 4.78 is 0. The third kappa shape index (κ3) is 5.47. The molecule has 0 atom stereocenters. The zero-order valence-corrected chi connectivity index (χ0v) is 10.8. The Hall–Kier alpha value is -0.610. The normalized spacial score (nSPS) is 10.8. The summed E-state index contributed by atoms with van der Waals surface area (Å²) in [4.78, 5) is 13.8. The zero-order valence-electron chi connectivity index (χ0n) is 10.8. The lowest BCUT2D eigenvalue weighted by Gasteiger charge is -2.30. The van der Waals surface area contributed by atoms with Gasteiger partial charge in [0.05, 0.1) is 6.61 Å². The Kier molecular flexibility index (Phi) is 9.24. The number of amides is 1. The summed E-state index contributed by atoms with van der Waals surface area (Å²) in [5.41, 5.74) is 0. The van der Waals surface area contributed by atoms with Crippen LogP contribution in [0.5, 0.6) is 0 Å². The van der Waals surface area contributed by atoms with Crippen molar-refractivity contribution in [2.75, 3.05) is 26.7 Å². The van der Waals surface area contributed by atoms with Gasteiger partial charge in [-0.05, 0) is 32.9 Å². The lowest BCUT2D eigenvalue weighted by atomic mass is 10.1. The highest BCUT2D eigenvalue weighted by molar-refractivity contribution is 5.76. The maximum atomic E-state index is 12.0. The first-order valence-corrected chi connectivity index (χ1v) is 6.26. The molecular formula is C12H26N2O2. The average Bonchev–Trinajstić information content (AvgIpc) is 2.29. The van der Waals surface area contributed by atoms with Crippen LogP contribution in [0.1, 0.15) is 39.5 Å². The molecule has 2 N–H and O–H groups in total. The van der Waals surface area contributed by atoms with Crippen LogP contribution in [0.25, 0.3) is 0 Å². The summed E-state index contributed by atoms with van der Waals surface area (Å²) in [5.74, 6) is 0.165. The van der Waals surface area contributed by atoms with Gasteiger partial charge in [-0.2, -0.15) is 0 Å². The standard InChI is InChI=1S/C12H26N2O2/c1-4-11(5-2)14(9-10-15)12(16)7-6-8-13-3/h11,13,15H,4-10H2,1-3H3. The number of aliphatic hydroxyl groups is 1. The second-order valence-electron chi connectivity index (χ2n) is 3.99. The van der Waals surface area contributed by atoms with Gasteiger partial charge in [0.15, 0.2) is 0 Å². The van der Waals surface area contributed by atoms with E-state index in [0.29, 0.717) is 13.0 Å². The Morgan fingerprint density at radius 3 is 2.44 bits per heavy atom. The minimum Gasteiger partial charge on any atom is -0.395 e. The van der Waals surface area contributed by atoms with E-state index in [9.17, 15) is 4.79 Å². The number of hydrogen-bond acceptors (Lipinski definition) is 3. The lowest BCUT2D eigenvalue weighted by Crippen LogP contribution is -2.41. The Balaban J connectivity index is 4.21. The van der Waals surface area contributed by atoms with Gasteiger partial charge in [-0.1, -0.05) is 13.8 Å². The van der Waals surface area contributed by atoms with E-state index in [0.717, 1.165) is 25.8 Å². The third-order valence-electron chi connectivity index (χ3n) is 2.86. The van der Waals surface area contributed by atoms with Gasteiger partial charge >= 0.3 is 0 Å². The van der Waals surface area contributed by atoms with Crippen LogP contribution in [0.3, 0.4) is 0 Å². The number of carbonyl (C=O) groups is 1. The Morgan fingerprint density at radius 1 is 1.38 bits per heavy atom. The van der Waals surface area contributed by atoms with Crippen molar-refractivity contribution in [3.05, 3.63) is 0 Å². The molecule has 0 bridgehead atoms. The molecule has 0 spiro atoms. The minimum atomic E-state index is 0.0499. The van der Waals surface area contributed by atoms with Gasteiger partial charge in [-0.15, -0.1) is 0 Å². The topological polar surface area (TPSA) is 52.6 Å². The molecule has 16 heavy (non-hydrogen) atoms. The molecule has 0 saturated heterocycles. The van der Waals surface area contributed by atoms with Gasteiger partial charge in [0.25, 0.3) is 0 Å². The molecule has 0 aliphatic carbocycles. The second-order valence-corrected chi connectivity index (χ2v) is 3.99. The van der Waals surface area contributed by atoms with Crippen molar-refractivity contribution in [1.82, 2.24) is 10.2 Å². The Labute approximate surface area is 99.0 Å². The molecule has 0 aromatic carbocycles. The maximum absolute atomic E-state index is 12.0. The van der Waals surface area contributed by atoms with Gasteiger partial charge in [-0.25, -0.2) is 0 Å². The number of nitrogens with one attached hydrogen (secondary N) is 1. The first-order chi connectivity index (χ1) is 7.71. The molecule has 0 saturated carbocycles. The van der Waals surface area contributed by atoms with Crippen molar-refractivity contribution in [3.63, 3.8) is 0 Å². The smallest absolute Gasteiger partial charge is 0.222 e. The molecule has 0 aliphatic rings. The molecule has 4 heteroatoms. The van der Waals surface area contributed by atoms with Crippen LogP contribution >= 0.6 is 0 Å². The molecule has 0 fully saturated rings. The molecule has 0 aromatic heterocycles. The van der Waals surface area contributed by atoms with E-state index < -0.39 is 0 Å². The van der Waals surface area contributed by atoms with E-state index in [4.69, 9.17) is 5.11 Å². The SMILES string of the molecule is CCC(CC)N(CCO)C(=O)CCCNC. The summed E-state index contributed by atoms with van der Waals surface area (Å²) >= 11 is 0. The fourth-order valence-corrected chi connectivity index (χ4v) is 1.91. The van der Waals surface area contributed by atoms with Crippen LogP contribution < -0.4 is 5.32 Å². The highest BCUT2D eigenvalue weighted by Gasteiger charge is 2.19. The predicted octanol–water partition coefficient (Wildman–Crippen LogP) is 0.995. The second kappa shape index (κ2) is 9.60. The minimum absolute atomic E-state index is 0.0499. The van der Waals surface area contributed by atoms with E-state index in [-0.39, 0.29) is 18.6 Å². The van der Waals surface area contributed by atoms with Gasteiger partial charge in [0.2, 0.25) is 5.91 Å². The summed E-state index contributed by atoms with van der Waals surface area (Å²) in [6.45, 7) is 5.54. The predicted molar refractivity (Wildman–Crippen MR) is 66.3 cm³/mol. The fraction of sp³-hybridized carbons (Fsp3) is 0.917. The lowest BCUT2D eigenvalue weighted by molar-refractivity contribution is -0.134. The quantitative estimate of drug-likeness (QED) is 0.581. The van der Waals surface area contributed by atoms with Crippen molar-refractivity contribution in [2.45, 2.75) is 45.6 Å². The zero-order chi connectivity index (χ0) is 12.4. The number of aliphatic hydroxyl groups excluding tert-OH is 1. The first kappa shape index (κ1) is 15.4. The van der Waals surface area contributed by atoms with Crippen LogP contribution in [0.4, 0.5) is 0 Å². The van der Waals surface area contributed by atoms with Crippen molar-refractivity contribution in [1.29, 1.82) is 0 Å². The maximum Gasteiger partial charge on any atom is 0.222 e. The van der Waals surface area contributed by atoms with E-state index in [1.807, 2.05) is 11.9 Å². The average molecular weight is 230 g/mol. The first-order valence-electron chi connectivity index (χ1n) is 6.26. The van der Waals surface area contributed by atoms with Crippen LogP contribution in [0.2, 0.25) is 0 Å². The van der Waals surface area contributed by atoms with Gasteiger partial charge in [0, 0.05) is 19.0 Å². The molecule has 0 rings (SSSR count). The van der Waals surface area contributed by atoms with Gasteiger partial charge < -0.3 is 15.3 Å². The molecule has 96 valence electrons. The molecule has 4 nitrogen and oxygen atoms in total. The Bertz CT molecular complexity index is 182. The number of carbonyl (C=O) groups excluding carboxylic acids is 1. The fourth-order valence-electron chi connectivity index (χ4n) is 1.91. The summed E-state index contributed by atoms with van der Waals surface area (Å²) in [7, 11) is 1.89. The van der Waals surface area contributed by atoms with Crippen molar-refractivity contribution in [2.24, 2.45) is 0 Å². The summed E-state index contributed by atoms with van der Waals surface area (Å²) in [6.07, 6.45) is 3.33. The highest BCUT2D eigenvalue weighted by Crippen LogP contribution is 2.10. The monoisotopic (exact) mass is 230 g/mol. The van der Waals surface area contributed by atoms with Crippen molar-refractivity contribution >= 4 is 5.91 Å². The summed E-state index contributed by atoms with van der Waals surface area (Å²) in [6, 6.07) is 0.272. The van der Waals surface area contributed by atoms with E-state index >= 15 is 0 Å². The number of hydrogen-bond donors (Lipinski definition) is 2. The Morgan fingerprint density at radius 2 is 2.00 bits per heavy atom. The van der Waals surface area contributed by atoms with Crippen molar-refractivity contribution in [3.8, 4) is 0 Å². The molecular weight excluding hydrogens is 204 g/mol. The number of nitrogens with zero attached hydrogens (tertiary/aromatic N) is 1. The van der Waals surface area contributed by atoms with Crippen LogP contribution in [0.15, 0.2) is 0 Å². The van der Waals surface area contributed by atoms with E-state index in [1.54, 1.807) is 0 Å². The molecule has 0 radical (unpaired) electrons. The van der Waals surface area contributed by atoms with Crippen molar-refractivity contribution < 1.29 is 9.90 Å². The molecule has 0 heterocycles. The van der Waals surface area contributed by atoms with Gasteiger partial charge in [0.1, 0.15) is 0 Å². The highest BCUT2D eigenvalue weighted by atomic mass is 16.3.